The van der Waals surface area contributed by atoms with Crippen molar-refractivity contribution in [1.82, 2.24) is 19.4 Å². The highest BCUT2D eigenvalue weighted by Crippen LogP contribution is 2.34. The number of morpholine rings is 1. The summed E-state index contributed by atoms with van der Waals surface area (Å²) < 4.78 is 24.2. The number of rotatable bonds is 13. The molecule has 0 bridgehead atoms. The minimum atomic E-state index is -0.142. The fourth-order valence-electron chi connectivity index (χ4n) is 5.81. The highest BCUT2D eigenvalue weighted by molar-refractivity contribution is 6.35. The molecule has 2 fully saturated rings. The van der Waals surface area contributed by atoms with Gasteiger partial charge in [0, 0.05) is 69.4 Å². The van der Waals surface area contributed by atoms with Crippen LogP contribution in [0.2, 0.25) is 5.02 Å². The van der Waals surface area contributed by atoms with Crippen LogP contribution in [0, 0.1) is 0 Å². The molecular weight excluding hydrogens is 586 g/mol. The van der Waals surface area contributed by atoms with Gasteiger partial charge >= 0.3 is 6.03 Å². The highest BCUT2D eigenvalue weighted by Gasteiger charge is 2.29. The molecule has 238 valence electrons. The summed E-state index contributed by atoms with van der Waals surface area (Å²) in [6, 6.07) is 7.42. The third-order valence-electron chi connectivity index (χ3n) is 8.08. The summed E-state index contributed by atoms with van der Waals surface area (Å²) in [5, 5.41) is 1.25. The standard InChI is InChI=1S/C32H42ClN5O6/c1-4-5-6-15-44-28-17-24(8-9-27(28)42-3)38-13-7-12-36(32(38)40)18-23-10-11-34-31-30(23)26(33)20-37(31)21-29(39)35-14-16-43-25(19-35)22-41-2/h8-11,17,20,25H,4-7,12-16,18-19,21-22H2,1-3H3/t25-/m0/s1. The lowest BCUT2D eigenvalue weighted by Crippen LogP contribution is -2.49. The van der Waals surface area contributed by atoms with Gasteiger partial charge in [-0.15, -0.1) is 0 Å². The summed E-state index contributed by atoms with van der Waals surface area (Å²) in [4.78, 5) is 36.9. The number of unbranched alkanes of at least 4 members (excludes halogenated alkanes) is 2. The Bertz CT molecular complexity index is 1450. The quantitative estimate of drug-likeness (QED) is 0.247. The summed E-state index contributed by atoms with van der Waals surface area (Å²) in [6.45, 7) is 6.36. The van der Waals surface area contributed by atoms with Crippen molar-refractivity contribution >= 4 is 40.3 Å². The molecule has 1 atom stereocenters. The number of anilines is 1. The van der Waals surface area contributed by atoms with Gasteiger partial charge in [-0.1, -0.05) is 31.4 Å². The lowest BCUT2D eigenvalue weighted by Gasteiger charge is -2.36. The molecule has 11 nitrogen and oxygen atoms in total. The largest absolute Gasteiger partial charge is 0.493 e. The third kappa shape index (κ3) is 7.22. The molecule has 0 N–H and O–H groups in total. The maximum Gasteiger partial charge on any atom is 0.324 e. The average molecular weight is 628 g/mol. The van der Waals surface area contributed by atoms with Crippen molar-refractivity contribution < 1.29 is 28.5 Å². The van der Waals surface area contributed by atoms with Crippen LogP contribution in [0.5, 0.6) is 11.5 Å². The number of urea groups is 1. The van der Waals surface area contributed by atoms with Gasteiger partial charge in [-0.05, 0) is 36.6 Å². The zero-order valence-electron chi connectivity index (χ0n) is 25.8. The molecule has 2 aromatic heterocycles. The second-order valence-electron chi connectivity index (χ2n) is 11.2. The first-order valence-electron chi connectivity index (χ1n) is 15.3. The van der Waals surface area contributed by atoms with Crippen LogP contribution >= 0.6 is 11.6 Å². The molecule has 4 heterocycles. The lowest BCUT2D eigenvalue weighted by atomic mass is 10.1. The number of hydrogen-bond acceptors (Lipinski definition) is 7. The normalized spacial score (nSPS) is 17.4. The number of fused-ring (bicyclic) bond motifs is 1. The number of ether oxygens (including phenoxy) is 4. The molecule has 2 aliphatic heterocycles. The van der Waals surface area contributed by atoms with Crippen LogP contribution in [0.1, 0.15) is 38.2 Å². The van der Waals surface area contributed by atoms with E-state index in [0.717, 1.165) is 42.3 Å². The third-order valence-corrected chi connectivity index (χ3v) is 8.37. The van der Waals surface area contributed by atoms with Crippen LogP contribution in [0.15, 0.2) is 36.7 Å². The Balaban J connectivity index is 1.31. The van der Waals surface area contributed by atoms with E-state index in [1.165, 1.54) is 0 Å². The van der Waals surface area contributed by atoms with Crippen LogP contribution in [0.25, 0.3) is 11.0 Å². The average Bonchev–Trinajstić information content (AvgIpc) is 3.36. The summed E-state index contributed by atoms with van der Waals surface area (Å²) in [5.41, 5.74) is 2.26. The summed E-state index contributed by atoms with van der Waals surface area (Å²) >= 11 is 6.74. The van der Waals surface area contributed by atoms with Crippen molar-refractivity contribution in [3.63, 3.8) is 0 Å². The minimum absolute atomic E-state index is 0.0368. The number of aromatic nitrogens is 2. The molecule has 0 saturated carbocycles. The molecule has 0 unspecified atom stereocenters. The van der Waals surface area contributed by atoms with Crippen LogP contribution in [-0.4, -0.2) is 97.6 Å². The first-order valence-corrected chi connectivity index (χ1v) is 15.7. The maximum atomic E-state index is 13.8. The van der Waals surface area contributed by atoms with Gasteiger partial charge in [-0.2, -0.15) is 0 Å². The molecule has 3 amide bonds. The van der Waals surface area contributed by atoms with Crippen LogP contribution in [0.4, 0.5) is 10.5 Å². The van der Waals surface area contributed by atoms with Crippen molar-refractivity contribution in [2.75, 3.05) is 65.1 Å². The summed E-state index contributed by atoms with van der Waals surface area (Å²) in [5.74, 6) is 1.24. The number of methoxy groups -OCH3 is 2. The molecule has 0 radical (unpaired) electrons. The van der Waals surface area contributed by atoms with E-state index in [0.29, 0.717) is 74.7 Å². The van der Waals surface area contributed by atoms with E-state index in [4.69, 9.17) is 30.5 Å². The zero-order chi connectivity index (χ0) is 31.1. The van der Waals surface area contributed by atoms with Gasteiger partial charge in [0.2, 0.25) is 5.91 Å². The second-order valence-corrected chi connectivity index (χ2v) is 11.6. The monoisotopic (exact) mass is 627 g/mol. The molecule has 5 rings (SSSR count). The molecule has 44 heavy (non-hydrogen) atoms. The number of hydrogen-bond donors (Lipinski definition) is 0. The van der Waals surface area contributed by atoms with Gasteiger partial charge in [-0.3, -0.25) is 9.69 Å². The van der Waals surface area contributed by atoms with Crippen molar-refractivity contribution in [3.8, 4) is 11.5 Å². The van der Waals surface area contributed by atoms with E-state index in [1.807, 2.05) is 29.2 Å². The van der Waals surface area contributed by atoms with Crippen molar-refractivity contribution in [2.24, 2.45) is 0 Å². The Kier molecular flexibility index (Phi) is 10.8. The number of carbonyl (C=O) groups excluding carboxylic acids is 2. The first-order chi connectivity index (χ1) is 21.4. The van der Waals surface area contributed by atoms with E-state index < -0.39 is 0 Å². The Morgan fingerprint density at radius 3 is 2.80 bits per heavy atom. The van der Waals surface area contributed by atoms with E-state index in [1.54, 1.807) is 41.0 Å². The van der Waals surface area contributed by atoms with Gasteiger partial charge in [0.1, 0.15) is 12.2 Å². The van der Waals surface area contributed by atoms with Crippen LogP contribution < -0.4 is 14.4 Å². The molecule has 12 heteroatoms. The predicted octanol–water partition coefficient (Wildman–Crippen LogP) is 4.97. The minimum Gasteiger partial charge on any atom is -0.493 e. The number of pyridine rings is 1. The number of nitrogens with zero attached hydrogens (tertiary/aromatic N) is 5. The number of halogens is 1. The zero-order valence-corrected chi connectivity index (χ0v) is 26.6. The fraction of sp³-hybridized carbons (Fsp3) is 0.531. The van der Waals surface area contributed by atoms with E-state index in [-0.39, 0.29) is 24.6 Å². The SMILES string of the molecule is CCCCCOc1cc(N2CCCN(Cc3ccnc4c3c(Cl)cn4CC(=O)N3CCO[C@H](COC)C3)C2=O)ccc1OC. The molecule has 2 saturated heterocycles. The summed E-state index contributed by atoms with van der Waals surface area (Å²) in [6.07, 6.45) is 7.29. The molecule has 2 aliphatic rings. The molecule has 0 aliphatic carbocycles. The van der Waals surface area contributed by atoms with Gasteiger partial charge in [-0.25, -0.2) is 9.78 Å². The van der Waals surface area contributed by atoms with Crippen LogP contribution in [-0.2, 0) is 27.4 Å². The smallest absolute Gasteiger partial charge is 0.324 e. The maximum absolute atomic E-state index is 13.8. The predicted molar refractivity (Wildman–Crippen MR) is 169 cm³/mol. The highest BCUT2D eigenvalue weighted by atomic mass is 35.5. The molecule has 0 spiro atoms. The Labute approximate surface area is 263 Å². The van der Waals surface area contributed by atoms with Gasteiger partial charge in [0.05, 0.1) is 38.1 Å². The van der Waals surface area contributed by atoms with E-state index >= 15 is 0 Å². The van der Waals surface area contributed by atoms with Crippen molar-refractivity contribution in [2.45, 2.75) is 51.8 Å². The topological polar surface area (TPSA) is 98.6 Å². The number of benzene rings is 1. The van der Waals surface area contributed by atoms with Crippen LogP contribution in [0.3, 0.4) is 0 Å². The van der Waals surface area contributed by atoms with Gasteiger partial charge < -0.3 is 33.3 Å². The van der Waals surface area contributed by atoms with Gasteiger partial charge in [0.15, 0.2) is 11.5 Å². The summed E-state index contributed by atoms with van der Waals surface area (Å²) in [7, 11) is 3.24. The Hall–Kier alpha value is -3.54. The second kappa shape index (κ2) is 15.0. The van der Waals surface area contributed by atoms with E-state index in [9.17, 15) is 9.59 Å². The Morgan fingerprint density at radius 1 is 1.14 bits per heavy atom. The number of amides is 3. The first kappa shape index (κ1) is 31.9. The molecular formula is C32H42ClN5O6. The van der Waals surface area contributed by atoms with E-state index in [2.05, 4.69) is 11.9 Å². The fourth-order valence-corrected chi connectivity index (χ4v) is 6.14. The molecule has 1 aromatic carbocycles. The van der Waals surface area contributed by atoms with Crippen molar-refractivity contribution in [1.29, 1.82) is 0 Å². The van der Waals surface area contributed by atoms with Gasteiger partial charge in [0.25, 0.3) is 0 Å². The number of carbonyl (C=O) groups is 2. The van der Waals surface area contributed by atoms with Crippen molar-refractivity contribution in [3.05, 3.63) is 47.2 Å². The molecule has 3 aromatic rings. The Morgan fingerprint density at radius 2 is 2.00 bits per heavy atom. The lowest BCUT2D eigenvalue weighted by molar-refractivity contribution is -0.141.